The van der Waals surface area contributed by atoms with Gasteiger partial charge in [0.15, 0.2) is 0 Å². The highest BCUT2D eigenvalue weighted by molar-refractivity contribution is 5.79. The summed E-state index contributed by atoms with van der Waals surface area (Å²) in [6.07, 6.45) is 3.29. The molecule has 3 nitrogen and oxygen atoms in total. The molecule has 0 aromatic carbocycles. The Labute approximate surface area is 78.4 Å². The molecule has 0 aromatic rings. The molecule has 1 aliphatic heterocycles. The number of hydrogen-bond donors (Lipinski definition) is 1. The third-order valence-electron chi connectivity index (χ3n) is 2.78. The van der Waals surface area contributed by atoms with E-state index in [1.54, 1.807) is 6.08 Å². The number of ether oxygens (including phenoxy) is 1. The van der Waals surface area contributed by atoms with Crippen molar-refractivity contribution in [3.05, 3.63) is 12.2 Å². The first-order valence-corrected chi connectivity index (χ1v) is 4.59. The molecule has 1 N–H and O–H groups in total. The Bertz CT molecular complexity index is 222. The van der Waals surface area contributed by atoms with E-state index < -0.39 is 5.97 Å². The van der Waals surface area contributed by atoms with Crippen LogP contribution in [0.25, 0.3) is 0 Å². The van der Waals surface area contributed by atoms with Crippen molar-refractivity contribution >= 4 is 5.97 Å². The molecule has 74 valence electrons. The summed E-state index contributed by atoms with van der Waals surface area (Å²) in [7, 11) is 0. The normalized spacial score (nSPS) is 39.9. The van der Waals surface area contributed by atoms with E-state index in [0.717, 1.165) is 0 Å². The topological polar surface area (TPSA) is 46.5 Å². The smallest absolute Gasteiger partial charge is 0.327 e. The van der Waals surface area contributed by atoms with Crippen LogP contribution >= 0.6 is 0 Å². The van der Waals surface area contributed by atoms with E-state index in [2.05, 4.69) is 6.92 Å². The third kappa shape index (κ3) is 2.31. The zero-order chi connectivity index (χ0) is 10.0. The highest BCUT2D eigenvalue weighted by Gasteiger charge is 2.34. The number of carboxylic acids is 1. The minimum Gasteiger partial charge on any atom is -0.478 e. The third-order valence-corrected chi connectivity index (χ3v) is 2.78. The van der Waals surface area contributed by atoms with Gasteiger partial charge in [-0.2, -0.15) is 0 Å². The molecule has 1 aliphatic rings. The van der Waals surface area contributed by atoms with Crippen molar-refractivity contribution in [3.8, 4) is 0 Å². The van der Waals surface area contributed by atoms with Crippen LogP contribution in [0, 0.1) is 11.8 Å². The molecule has 0 bridgehead atoms. The van der Waals surface area contributed by atoms with Crippen molar-refractivity contribution in [2.45, 2.75) is 33.0 Å². The number of aliphatic carboxylic acids is 1. The summed E-state index contributed by atoms with van der Waals surface area (Å²) in [5, 5.41) is 8.48. The number of rotatable bonds is 2. The second kappa shape index (κ2) is 3.92. The van der Waals surface area contributed by atoms with Crippen molar-refractivity contribution in [2.75, 3.05) is 0 Å². The van der Waals surface area contributed by atoms with Gasteiger partial charge in [0, 0.05) is 12.0 Å². The van der Waals surface area contributed by atoms with Crippen molar-refractivity contribution in [2.24, 2.45) is 11.8 Å². The minimum absolute atomic E-state index is 0.126. The van der Waals surface area contributed by atoms with E-state index in [1.165, 1.54) is 6.08 Å². The summed E-state index contributed by atoms with van der Waals surface area (Å²) in [4.78, 5) is 10.3. The SMILES string of the molecule is CC1OC(C)C(/C=C/C(=O)O)C1C. The standard InChI is InChI=1S/C10H16O3/c1-6-7(2)13-8(3)9(6)4-5-10(11)12/h4-9H,1-3H3,(H,11,12)/b5-4+. The molecule has 13 heavy (non-hydrogen) atoms. The lowest BCUT2D eigenvalue weighted by molar-refractivity contribution is -0.131. The molecule has 4 unspecified atom stereocenters. The molecule has 1 rings (SSSR count). The molecule has 0 radical (unpaired) electrons. The lowest BCUT2D eigenvalue weighted by atomic mass is 9.89. The van der Waals surface area contributed by atoms with Crippen LogP contribution < -0.4 is 0 Å². The fourth-order valence-electron chi connectivity index (χ4n) is 1.82. The van der Waals surface area contributed by atoms with Gasteiger partial charge in [0.1, 0.15) is 0 Å². The van der Waals surface area contributed by atoms with Crippen molar-refractivity contribution in [3.63, 3.8) is 0 Å². The van der Waals surface area contributed by atoms with Crippen molar-refractivity contribution in [1.82, 2.24) is 0 Å². The molecule has 4 atom stereocenters. The first-order chi connectivity index (χ1) is 6.02. The Morgan fingerprint density at radius 1 is 1.31 bits per heavy atom. The van der Waals surface area contributed by atoms with Crippen LogP contribution in [-0.4, -0.2) is 23.3 Å². The Morgan fingerprint density at radius 2 is 1.92 bits per heavy atom. The molecular weight excluding hydrogens is 168 g/mol. The Kier molecular flexibility index (Phi) is 3.09. The minimum atomic E-state index is -0.890. The molecule has 1 heterocycles. The fraction of sp³-hybridized carbons (Fsp3) is 0.700. The summed E-state index contributed by atoms with van der Waals surface area (Å²) in [5.41, 5.74) is 0. The summed E-state index contributed by atoms with van der Waals surface area (Å²) < 4.78 is 5.57. The molecule has 0 saturated carbocycles. The largest absolute Gasteiger partial charge is 0.478 e. The Balaban J connectivity index is 2.63. The zero-order valence-corrected chi connectivity index (χ0v) is 8.23. The zero-order valence-electron chi connectivity index (χ0n) is 8.23. The van der Waals surface area contributed by atoms with Crippen molar-refractivity contribution in [1.29, 1.82) is 0 Å². The molecular formula is C10H16O3. The van der Waals surface area contributed by atoms with Crippen LogP contribution in [0.2, 0.25) is 0 Å². The van der Waals surface area contributed by atoms with Crippen molar-refractivity contribution < 1.29 is 14.6 Å². The van der Waals surface area contributed by atoms with E-state index in [4.69, 9.17) is 9.84 Å². The van der Waals surface area contributed by atoms with Crippen LogP contribution in [0.3, 0.4) is 0 Å². The molecule has 3 heteroatoms. The van der Waals surface area contributed by atoms with Gasteiger partial charge < -0.3 is 9.84 Å². The Hall–Kier alpha value is -0.830. The second-order valence-electron chi connectivity index (χ2n) is 3.68. The summed E-state index contributed by atoms with van der Waals surface area (Å²) in [5.74, 6) is -0.268. The predicted octanol–water partition coefficient (Wildman–Crippen LogP) is 1.69. The van der Waals surface area contributed by atoms with Gasteiger partial charge in [-0.25, -0.2) is 4.79 Å². The molecule has 0 aliphatic carbocycles. The van der Waals surface area contributed by atoms with Crippen LogP contribution in [-0.2, 0) is 9.53 Å². The number of carboxylic acid groups (broad SMARTS) is 1. The van der Waals surface area contributed by atoms with Crippen LogP contribution in [0.5, 0.6) is 0 Å². The van der Waals surface area contributed by atoms with E-state index in [9.17, 15) is 4.79 Å². The van der Waals surface area contributed by atoms with Gasteiger partial charge in [0.25, 0.3) is 0 Å². The lowest BCUT2D eigenvalue weighted by Crippen LogP contribution is -2.14. The maximum Gasteiger partial charge on any atom is 0.327 e. The van der Waals surface area contributed by atoms with Crippen LogP contribution in [0.15, 0.2) is 12.2 Å². The molecule has 0 spiro atoms. The van der Waals surface area contributed by atoms with Crippen LogP contribution in [0.1, 0.15) is 20.8 Å². The highest BCUT2D eigenvalue weighted by Crippen LogP contribution is 2.32. The fourth-order valence-corrected chi connectivity index (χ4v) is 1.82. The van der Waals surface area contributed by atoms with Gasteiger partial charge in [-0.1, -0.05) is 13.0 Å². The lowest BCUT2D eigenvalue weighted by Gasteiger charge is -2.12. The van der Waals surface area contributed by atoms with E-state index in [1.807, 2.05) is 13.8 Å². The van der Waals surface area contributed by atoms with Gasteiger partial charge in [0.05, 0.1) is 12.2 Å². The maximum absolute atomic E-state index is 10.3. The quantitative estimate of drug-likeness (QED) is 0.664. The van der Waals surface area contributed by atoms with Gasteiger partial charge in [-0.05, 0) is 19.8 Å². The van der Waals surface area contributed by atoms with Gasteiger partial charge in [-0.15, -0.1) is 0 Å². The first kappa shape index (κ1) is 10.3. The van der Waals surface area contributed by atoms with E-state index in [0.29, 0.717) is 5.92 Å². The molecule has 1 saturated heterocycles. The summed E-state index contributed by atoms with van der Waals surface area (Å²) in [6, 6.07) is 0. The highest BCUT2D eigenvalue weighted by atomic mass is 16.5. The summed E-state index contributed by atoms with van der Waals surface area (Å²) >= 11 is 0. The Morgan fingerprint density at radius 3 is 2.31 bits per heavy atom. The predicted molar refractivity (Wildman–Crippen MR) is 49.4 cm³/mol. The number of hydrogen-bond acceptors (Lipinski definition) is 2. The first-order valence-electron chi connectivity index (χ1n) is 4.59. The van der Waals surface area contributed by atoms with E-state index in [-0.39, 0.29) is 18.1 Å². The van der Waals surface area contributed by atoms with Gasteiger partial charge >= 0.3 is 5.97 Å². The molecule has 0 amide bonds. The molecule has 0 aromatic heterocycles. The maximum atomic E-state index is 10.3. The van der Waals surface area contributed by atoms with Gasteiger partial charge in [0.2, 0.25) is 0 Å². The average Bonchev–Trinajstić information content (AvgIpc) is 2.24. The number of carbonyl (C=O) groups is 1. The second-order valence-corrected chi connectivity index (χ2v) is 3.68. The van der Waals surface area contributed by atoms with Gasteiger partial charge in [-0.3, -0.25) is 0 Å². The van der Waals surface area contributed by atoms with E-state index >= 15 is 0 Å². The monoisotopic (exact) mass is 184 g/mol. The average molecular weight is 184 g/mol. The van der Waals surface area contributed by atoms with Crippen LogP contribution in [0.4, 0.5) is 0 Å². The summed E-state index contributed by atoms with van der Waals surface area (Å²) in [6.45, 7) is 6.09. The molecule has 1 fully saturated rings.